The summed E-state index contributed by atoms with van der Waals surface area (Å²) in [6.45, 7) is 6.73. The number of hydrogen-bond donors (Lipinski definition) is 0. The van der Waals surface area contributed by atoms with Crippen LogP contribution in [0, 0.1) is 5.92 Å². The molecule has 0 unspecified atom stereocenters. The van der Waals surface area contributed by atoms with Crippen LogP contribution in [0.25, 0.3) is 22.7 Å². The molecule has 3 aliphatic heterocycles. The highest BCUT2D eigenvalue weighted by Gasteiger charge is 2.33. The SMILES string of the molecule is O=C(C1CCN(Cc2cnc(N3CCCCC3)s2)CC1)N1CCC(n2c(-c3ccccn3)nc3cccnc32)CC1. The maximum atomic E-state index is 13.5. The van der Waals surface area contributed by atoms with Crippen molar-refractivity contribution in [2.75, 3.05) is 44.2 Å². The molecule has 0 saturated carbocycles. The van der Waals surface area contributed by atoms with Crippen molar-refractivity contribution in [1.82, 2.24) is 34.3 Å². The molecule has 0 N–H and O–H groups in total. The van der Waals surface area contributed by atoms with Gasteiger partial charge in [-0.25, -0.2) is 15.0 Å². The maximum absolute atomic E-state index is 13.5. The van der Waals surface area contributed by atoms with Crippen LogP contribution in [0.3, 0.4) is 0 Å². The van der Waals surface area contributed by atoms with E-state index in [1.54, 1.807) is 0 Å². The molecule has 7 heterocycles. The lowest BCUT2D eigenvalue weighted by molar-refractivity contribution is -0.138. The van der Waals surface area contributed by atoms with Gasteiger partial charge in [0.05, 0.1) is 0 Å². The van der Waals surface area contributed by atoms with E-state index in [1.807, 2.05) is 54.1 Å². The third-order valence-electron chi connectivity index (χ3n) is 8.97. The van der Waals surface area contributed by atoms with Crippen LogP contribution >= 0.6 is 11.3 Å². The topological polar surface area (TPSA) is 83.3 Å². The summed E-state index contributed by atoms with van der Waals surface area (Å²) in [4.78, 5) is 40.8. The molecule has 3 fully saturated rings. The van der Waals surface area contributed by atoms with Crippen LogP contribution in [-0.2, 0) is 11.3 Å². The van der Waals surface area contributed by atoms with Gasteiger partial charge < -0.3 is 14.4 Å². The number of imidazole rings is 1. The first-order valence-electron chi connectivity index (χ1n) is 15.2. The molecule has 0 aliphatic carbocycles. The Bertz CT molecular complexity index is 1460. The predicted molar refractivity (Wildman–Crippen MR) is 162 cm³/mol. The molecule has 0 radical (unpaired) electrons. The number of likely N-dealkylation sites (tertiary alicyclic amines) is 2. The van der Waals surface area contributed by atoms with Crippen LogP contribution in [0.4, 0.5) is 5.13 Å². The second kappa shape index (κ2) is 11.9. The Morgan fingerprint density at radius 1 is 0.854 bits per heavy atom. The highest BCUT2D eigenvalue weighted by atomic mass is 32.1. The Balaban J connectivity index is 0.945. The summed E-state index contributed by atoms with van der Waals surface area (Å²) in [6.07, 6.45) is 13.3. The van der Waals surface area contributed by atoms with E-state index < -0.39 is 0 Å². The number of carbonyl (C=O) groups excluding carboxylic acids is 1. The lowest BCUT2D eigenvalue weighted by atomic mass is 9.93. The molecule has 10 heteroatoms. The molecule has 41 heavy (non-hydrogen) atoms. The van der Waals surface area contributed by atoms with Crippen molar-refractivity contribution < 1.29 is 4.79 Å². The lowest BCUT2D eigenvalue weighted by Gasteiger charge is -2.37. The zero-order valence-corrected chi connectivity index (χ0v) is 24.4. The summed E-state index contributed by atoms with van der Waals surface area (Å²) in [6, 6.07) is 10.1. The lowest BCUT2D eigenvalue weighted by Crippen LogP contribution is -2.45. The highest BCUT2D eigenvalue weighted by Crippen LogP contribution is 2.33. The fourth-order valence-corrected chi connectivity index (χ4v) is 7.72. The summed E-state index contributed by atoms with van der Waals surface area (Å²) in [7, 11) is 0. The van der Waals surface area contributed by atoms with E-state index >= 15 is 0 Å². The first-order valence-corrected chi connectivity index (χ1v) is 16.0. The second-order valence-electron chi connectivity index (χ2n) is 11.6. The van der Waals surface area contributed by atoms with Crippen molar-refractivity contribution >= 4 is 33.5 Å². The standard InChI is InChI=1S/C31H38N8OS/c40-30(23-9-17-36(18-10-23)22-25-21-34-31(41-25)38-15-4-1-5-16-38)37-19-11-24(12-20-37)39-28-27(8-6-14-33-28)35-29(39)26-7-2-3-13-32-26/h2-3,6-8,13-14,21,23-24H,1,4-5,9-12,15-20,22H2. The molecule has 9 nitrogen and oxygen atoms in total. The quantitative estimate of drug-likeness (QED) is 0.322. The van der Waals surface area contributed by atoms with E-state index in [9.17, 15) is 4.79 Å². The first-order chi connectivity index (χ1) is 20.2. The number of piperidine rings is 3. The highest BCUT2D eigenvalue weighted by molar-refractivity contribution is 7.15. The summed E-state index contributed by atoms with van der Waals surface area (Å²) < 4.78 is 2.26. The summed E-state index contributed by atoms with van der Waals surface area (Å²) in [5.74, 6) is 1.33. The van der Waals surface area contributed by atoms with Gasteiger partial charge in [0.15, 0.2) is 16.6 Å². The van der Waals surface area contributed by atoms with E-state index in [2.05, 4.69) is 35.4 Å². The molecule has 3 saturated heterocycles. The Morgan fingerprint density at radius 2 is 1.66 bits per heavy atom. The minimum absolute atomic E-state index is 0.132. The number of nitrogens with zero attached hydrogens (tertiary/aromatic N) is 8. The molecule has 0 spiro atoms. The monoisotopic (exact) mass is 570 g/mol. The fourth-order valence-electron chi connectivity index (χ4n) is 6.71. The van der Waals surface area contributed by atoms with Gasteiger partial charge in [0.25, 0.3) is 0 Å². The molecule has 0 atom stereocenters. The first kappa shape index (κ1) is 26.5. The molecule has 3 aliphatic rings. The van der Waals surface area contributed by atoms with Gasteiger partial charge >= 0.3 is 0 Å². The van der Waals surface area contributed by atoms with Crippen molar-refractivity contribution in [1.29, 1.82) is 0 Å². The minimum atomic E-state index is 0.132. The third kappa shape index (κ3) is 5.59. The molecule has 0 bridgehead atoms. The molecular weight excluding hydrogens is 532 g/mol. The van der Waals surface area contributed by atoms with Crippen molar-refractivity contribution in [3.05, 3.63) is 53.8 Å². The van der Waals surface area contributed by atoms with Crippen molar-refractivity contribution in [2.45, 2.75) is 57.5 Å². The van der Waals surface area contributed by atoms with Crippen LogP contribution in [0.15, 0.2) is 48.9 Å². The molecule has 4 aromatic rings. The van der Waals surface area contributed by atoms with Crippen molar-refractivity contribution in [3.8, 4) is 11.5 Å². The molecule has 7 rings (SSSR count). The van der Waals surface area contributed by atoms with Crippen LogP contribution in [0.5, 0.6) is 0 Å². The van der Waals surface area contributed by atoms with Gasteiger partial charge in [-0.15, -0.1) is 11.3 Å². The Kier molecular flexibility index (Phi) is 7.67. The van der Waals surface area contributed by atoms with Gasteiger partial charge in [-0.3, -0.25) is 14.7 Å². The van der Waals surface area contributed by atoms with E-state index in [0.29, 0.717) is 5.91 Å². The predicted octanol–water partition coefficient (Wildman–Crippen LogP) is 5.02. The third-order valence-corrected chi connectivity index (χ3v) is 10.0. The molecule has 4 aromatic heterocycles. The van der Waals surface area contributed by atoms with Gasteiger partial charge in [-0.1, -0.05) is 6.07 Å². The van der Waals surface area contributed by atoms with E-state index in [0.717, 1.165) is 94.2 Å². The average molecular weight is 571 g/mol. The van der Waals surface area contributed by atoms with Gasteiger partial charge in [-0.05, 0) is 82.3 Å². The Hall–Kier alpha value is -3.37. The zero-order valence-electron chi connectivity index (χ0n) is 23.6. The number of amides is 1. The van der Waals surface area contributed by atoms with Gasteiger partial charge in [0.1, 0.15) is 11.2 Å². The van der Waals surface area contributed by atoms with Crippen LogP contribution in [0.2, 0.25) is 0 Å². The van der Waals surface area contributed by atoms with Gasteiger partial charge in [0, 0.05) is 68.2 Å². The van der Waals surface area contributed by atoms with Crippen LogP contribution < -0.4 is 4.90 Å². The van der Waals surface area contributed by atoms with E-state index in [1.165, 1.54) is 29.3 Å². The number of thiazole rings is 1. The molecule has 1 amide bonds. The Labute approximate surface area is 245 Å². The normalized spacial score (nSPS) is 19.7. The summed E-state index contributed by atoms with van der Waals surface area (Å²) in [5, 5.41) is 1.18. The summed E-state index contributed by atoms with van der Waals surface area (Å²) in [5.41, 5.74) is 2.64. The number of aromatic nitrogens is 5. The van der Waals surface area contributed by atoms with Crippen molar-refractivity contribution in [2.24, 2.45) is 5.92 Å². The Morgan fingerprint density at radius 3 is 2.44 bits per heavy atom. The zero-order chi connectivity index (χ0) is 27.6. The smallest absolute Gasteiger partial charge is 0.225 e. The maximum Gasteiger partial charge on any atom is 0.225 e. The van der Waals surface area contributed by atoms with Crippen LogP contribution in [0.1, 0.15) is 55.9 Å². The average Bonchev–Trinajstić information content (AvgIpc) is 3.67. The fraction of sp³-hybridized carbons (Fsp3) is 0.516. The van der Waals surface area contributed by atoms with Gasteiger partial charge in [0.2, 0.25) is 5.91 Å². The van der Waals surface area contributed by atoms with Crippen molar-refractivity contribution in [3.63, 3.8) is 0 Å². The number of pyridine rings is 2. The van der Waals surface area contributed by atoms with E-state index in [-0.39, 0.29) is 12.0 Å². The number of fused-ring (bicyclic) bond motifs is 1. The summed E-state index contributed by atoms with van der Waals surface area (Å²) >= 11 is 1.85. The molecule has 0 aromatic carbocycles. The number of anilines is 1. The number of rotatable bonds is 6. The minimum Gasteiger partial charge on any atom is -0.348 e. The second-order valence-corrected chi connectivity index (χ2v) is 12.7. The largest absolute Gasteiger partial charge is 0.348 e. The number of carbonyl (C=O) groups is 1. The van der Waals surface area contributed by atoms with E-state index in [4.69, 9.17) is 9.97 Å². The van der Waals surface area contributed by atoms with Crippen LogP contribution in [-0.4, -0.2) is 79.5 Å². The molecule has 214 valence electrons. The molecular formula is C31H38N8OS. The number of hydrogen-bond acceptors (Lipinski definition) is 8. The van der Waals surface area contributed by atoms with Gasteiger partial charge in [-0.2, -0.15) is 0 Å².